The zero-order valence-electron chi connectivity index (χ0n) is 12.9. The highest BCUT2D eigenvalue weighted by Gasteiger charge is 2.30. The summed E-state index contributed by atoms with van der Waals surface area (Å²) in [5.74, 6) is -2.25. The number of hydrogen-bond donors (Lipinski definition) is 1. The van der Waals surface area contributed by atoms with E-state index in [1.165, 1.54) is 12.1 Å². The Bertz CT molecular complexity index is 747. The van der Waals surface area contributed by atoms with Crippen molar-refractivity contribution in [3.63, 3.8) is 0 Å². The van der Waals surface area contributed by atoms with Crippen molar-refractivity contribution in [2.24, 2.45) is 0 Å². The maximum Gasteiger partial charge on any atom is 0.238 e. The molecule has 2 aromatic rings. The van der Waals surface area contributed by atoms with Gasteiger partial charge in [0.05, 0.1) is 12.2 Å². The van der Waals surface area contributed by atoms with Gasteiger partial charge in [-0.15, -0.1) is 0 Å². The molecule has 1 aliphatic rings. The molecule has 2 aromatic carbocycles. The van der Waals surface area contributed by atoms with Crippen LogP contribution in [-0.2, 0) is 11.3 Å². The van der Waals surface area contributed by atoms with Gasteiger partial charge in [-0.25, -0.2) is 13.2 Å². The number of benzene rings is 2. The Morgan fingerprint density at radius 3 is 2.50 bits per heavy atom. The van der Waals surface area contributed by atoms with Gasteiger partial charge in [0.25, 0.3) is 0 Å². The van der Waals surface area contributed by atoms with E-state index in [-0.39, 0.29) is 24.1 Å². The third kappa shape index (κ3) is 4.14. The maximum absolute atomic E-state index is 13.8. The quantitative estimate of drug-likeness (QED) is 0.873. The third-order valence-corrected chi connectivity index (χ3v) is 3.95. The van der Waals surface area contributed by atoms with E-state index in [2.05, 4.69) is 5.32 Å². The highest BCUT2D eigenvalue weighted by molar-refractivity contribution is 5.92. The molecule has 126 valence electrons. The van der Waals surface area contributed by atoms with Gasteiger partial charge in [-0.2, -0.15) is 0 Å². The Morgan fingerprint density at radius 1 is 1.08 bits per heavy atom. The van der Waals surface area contributed by atoms with Crippen molar-refractivity contribution in [1.82, 2.24) is 4.90 Å². The monoisotopic (exact) mass is 334 g/mol. The molecule has 0 heterocycles. The van der Waals surface area contributed by atoms with Gasteiger partial charge in [-0.3, -0.25) is 9.69 Å². The molecule has 0 bridgehead atoms. The highest BCUT2D eigenvalue weighted by Crippen LogP contribution is 2.28. The van der Waals surface area contributed by atoms with Gasteiger partial charge in [0.2, 0.25) is 5.91 Å². The average Bonchev–Trinajstić information content (AvgIpc) is 3.36. The SMILES string of the molecule is O=C(CN(Cc1ccccc1F)C1CC1)Nc1ccc(F)cc1F. The molecule has 0 unspecified atom stereocenters. The van der Waals surface area contributed by atoms with E-state index in [1.54, 1.807) is 18.2 Å². The normalized spacial score (nSPS) is 14.0. The van der Waals surface area contributed by atoms with Crippen molar-refractivity contribution >= 4 is 11.6 Å². The molecular formula is C18H17F3N2O. The zero-order chi connectivity index (χ0) is 17.1. The van der Waals surface area contributed by atoms with Crippen LogP contribution in [0.4, 0.5) is 18.9 Å². The number of carbonyl (C=O) groups excluding carboxylic acids is 1. The number of halogens is 3. The van der Waals surface area contributed by atoms with E-state index in [0.29, 0.717) is 18.2 Å². The minimum Gasteiger partial charge on any atom is -0.322 e. The van der Waals surface area contributed by atoms with E-state index < -0.39 is 17.5 Å². The van der Waals surface area contributed by atoms with Crippen LogP contribution in [0.25, 0.3) is 0 Å². The summed E-state index contributed by atoms with van der Waals surface area (Å²) in [6.45, 7) is 0.340. The molecular weight excluding hydrogens is 317 g/mol. The molecule has 3 rings (SSSR count). The number of anilines is 1. The van der Waals surface area contributed by atoms with Crippen molar-refractivity contribution in [2.45, 2.75) is 25.4 Å². The van der Waals surface area contributed by atoms with E-state index in [0.717, 1.165) is 18.9 Å². The van der Waals surface area contributed by atoms with Gasteiger partial charge in [0, 0.05) is 24.2 Å². The van der Waals surface area contributed by atoms with Crippen molar-refractivity contribution in [3.8, 4) is 0 Å². The van der Waals surface area contributed by atoms with Gasteiger partial charge in [0.1, 0.15) is 17.5 Å². The summed E-state index contributed by atoms with van der Waals surface area (Å²) in [7, 11) is 0. The fourth-order valence-electron chi connectivity index (χ4n) is 2.56. The van der Waals surface area contributed by atoms with Gasteiger partial charge in [-0.1, -0.05) is 18.2 Å². The molecule has 1 aliphatic carbocycles. The second-order valence-corrected chi connectivity index (χ2v) is 5.90. The first kappa shape index (κ1) is 16.5. The van der Waals surface area contributed by atoms with Crippen LogP contribution < -0.4 is 5.32 Å². The van der Waals surface area contributed by atoms with Gasteiger partial charge >= 0.3 is 0 Å². The summed E-state index contributed by atoms with van der Waals surface area (Å²) >= 11 is 0. The Hall–Kier alpha value is -2.34. The van der Waals surface area contributed by atoms with E-state index in [4.69, 9.17) is 0 Å². The number of nitrogens with one attached hydrogen (secondary N) is 1. The molecule has 0 spiro atoms. The highest BCUT2D eigenvalue weighted by atomic mass is 19.1. The lowest BCUT2D eigenvalue weighted by Gasteiger charge is -2.21. The molecule has 0 atom stereocenters. The molecule has 0 aliphatic heterocycles. The molecule has 0 aromatic heterocycles. The number of carbonyl (C=O) groups is 1. The van der Waals surface area contributed by atoms with Crippen molar-refractivity contribution < 1.29 is 18.0 Å². The fraction of sp³-hybridized carbons (Fsp3) is 0.278. The number of rotatable bonds is 6. The average molecular weight is 334 g/mol. The minimum absolute atomic E-state index is 0.0236. The molecule has 1 fully saturated rings. The van der Waals surface area contributed by atoms with Crippen molar-refractivity contribution in [1.29, 1.82) is 0 Å². The summed E-state index contributed by atoms with van der Waals surface area (Å²) in [5.41, 5.74) is 0.452. The van der Waals surface area contributed by atoms with Crippen LogP contribution in [0.3, 0.4) is 0 Å². The summed E-state index contributed by atoms with van der Waals surface area (Å²) in [6, 6.07) is 9.64. The van der Waals surface area contributed by atoms with Gasteiger partial charge in [0.15, 0.2) is 0 Å². The summed E-state index contributed by atoms with van der Waals surface area (Å²) < 4.78 is 40.3. The van der Waals surface area contributed by atoms with Crippen molar-refractivity contribution in [3.05, 3.63) is 65.5 Å². The molecule has 24 heavy (non-hydrogen) atoms. The Labute approximate surface area is 138 Å². The molecule has 1 N–H and O–H groups in total. The largest absolute Gasteiger partial charge is 0.322 e. The minimum atomic E-state index is -0.824. The first-order chi connectivity index (χ1) is 11.5. The molecule has 6 heteroatoms. The predicted molar refractivity (Wildman–Crippen MR) is 84.8 cm³/mol. The molecule has 1 saturated carbocycles. The Morgan fingerprint density at radius 2 is 1.83 bits per heavy atom. The smallest absolute Gasteiger partial charge is 0.238 e. The maximum atomic E-state index is 13.8. The topological polar surface area (TPSA) is 32.3 Å². The standard InChI is InChI=1S/C18H17F3N2O/c19-13-5-8-17(16(21)9-13)22-18(24)11-23(14-6-7-14)10-12-3-1-2-4-15(12)20/h1-5,8-9,14H,6-7,10-11H2,(H,22,24). The second kappa shape index (κ2) is 7.05. The van der Waals surface area contributed by atoms with Crippen LogP contribution in [0.2, 0.25) is 0 Å². The molecule has 0 radical (unpaired) electrons. The summed E-state index contributed by atoms with van der Waals surface area (Å²) in [6.07, 6.45) is 1.90. The van der Waals surface area contributed by atoms with Crippen molar-refractivity contribution in [2.75, 3.05) is 11.9 Å². The lowest BCUT2D eigenvalue weighted by atomic mass is 10.2. The van der Waals surface area contributed by atoms with E-state index >= 15 is 0 Å². The van der Waals surface area contributed by atoms with Crippen LogP contribution >= 0.6 is 0 Å². The lowest BCUT2D eigenvalue weighted by molar-refractivity contribution is -0.117. The Balaban J connectivity index is 1.65. The van der Waals surface area contributed by atoms with E-state index in [1.807, 2.05) is 4.90 Å². The number of hydrogen-bond acceptors (Lipinski definition) is 2. The summed E-state index contributed by atoms with van der Waals surface area (Å²) in [4.78, 5) is 14.0. The third-order valence-electron chi connectivity index (χ3n) is 3.95. The molecule has 1 amide bonds. The van der Waals surface area contributed by atoms with Crippen LogP contribution in [0.5, 0.6) is 0 Å². The zero-order valence-corrected chi connectivity index (χ0v) is 12.9. The first-order valence-electron chi connectivity index (χ1n) is 7.75. The fourth-order valence-corrected chi connectivity index (χ4v) is 2.56. The van der Waals surface area contributed by atoms with Gasteiger partial charge in [-0.05, 0) is 31.0 Å². The predicted octanol–water partition coefficient (Wildman–Crippen LogP) is 3.71. The van der Waals surface area contributed by atoms with E-state index in [9.17, 15) is 18.0 Å². The molecule has 0 saturated heterocycles. The number of amides is 1. The number of nitrogens with zero attached hydrogens (tertiary/aromatic N) is 1. The molecule has 3 nitrogen and oxygen atoms in total. The lowest BCUT2D eigenvalue weighted by Crippen LogP contribution is -2.34. The van der Waals surface area contributed by atoms with Gasteiger partial charge < -0.3 is 5.32 Å². The van der Waals surface area contributed by atoms with Crippen LogP contribution in [-0.4, -0.2) is 23.4 Å². The van der Waals surface area contributed by atoms with Crippen LogP contribution in [0.1, 0.15) is 18.4 Å². The summed E-state index contributed by atoms with van der Waals surface area (Å²) in [5, 5.41) is 2.43. The van der Waals surface area contributed by atoms with Crippen LogP contribution in [0.15, 0.2) is 42.5 Å². The second-order valence-electron chi connectivity index (χ2n) is 5.90. The first-order valence-corrected chi connectivity index (χ1v) is 7.75. The Kier molecular flexibility index (Phi) is 4.85. The van der Waals surface area contributed by atoms with Crippen LogP contribution in [0, 0.1) is 17.5 Å².